The highest BCUT2D eigenvalue weighted by molar-refractivity contribution is 6.04. The van der Waals surface area contributed by atoms with Crippen LogP contribution in [-0.4, -0.2) is 59.8 Å². The number of anilines is 1. The second-order valence-corrected chi connectivity index (χ2v) is 6.74. The summed E-state index contributed by atoms with van der Waals surface area (Å²) < 4.78 is 27.4. The Kier molecular flexibility index (Phi) is 5.99. The van der Waals surface area contributed by atoms with Crippen molar-refractivity contribution in [2.24, 2.45) is 0 Å². The largest absolute Gasteiger partial charge is 0.335 e. The average Bonchev–Trinajstić information content (AvgIpc) is 2.70. The summed E-state index contributed by atoms with van der Waals surface area (Å²) in [7, 11) is 2.00. The van der Waals surface area contributed by atoms with E-state index in [0.717, 1.165) is 19.2 Å². The van der Waals surface area contributed by atoms with E-state index in [1.807, 2.05) is 7.05 Å². The molecule has 148 valence electrons. The fourth-order valence-electron chi connectivity index (χ4n) is 3.02. The van der Waals surface area contributed by atoms with E-state index in [0.29, 0.717) is 13.1 Å². The van der Waals surface area contributed by atoms with Crippen LogP contribution in [0.1, 0.15) is 33.3 Å². The van der Waals surface area contributed by atoms with Crippen molar-refractivity contribution in [3.8, 4) is 0 Å². The molecule has 2 aromatic rings. The number of hydrogen-bond donors (Lipinski definition) is 1. The summed E-state index contributed by atoms with van der Waals surface area (Å²) >= 11 is 0. The van der Waals surface area contributed by atoms with E-state index in [-0.39, 0.29) is 35.0 Å². The Bertz CT molecular complexity index is 896. The zero-order chi connectivity index (χ0) is 20.3. The van der Waals surface area contributed by atoms with E-state index >= 15 is 0 Å². The van der Waals surface area contributed by atoms with Crippen LogP contribution in [0.2, 0.25) is 0 Å². The lowest BCUT2D eigenvalue weighted by molar-refractivity contribution is 0.0658. The van der Waals surface area contributed by atoms with Gasteiger partial charge in [0.25, 0.3) is 11.8 Å². The predicted molar refractivity (Wildman–Crippen MR) is 101 cm³/mol. The molecule has 3 rings (SSSR count). The molecule has 0 bridgehead atoms. The van der Waals surface area contributed by atoms with Crippen molar-refractivity contribution >= 4 is 17.6 Å². The molecule has 2 heterocycles. The zero-order valence-electron chi connectivity index (χ0n) is 15.8. The van der Waals surface area contributed by atoms with E-state index in [9.17, 15) is 18.4 Å². The number of carbonyl (C=O) groups excluding carboxylic acids is 2. The first-order chi connectivity index (χ1) is 13.4. The molecule has 1 aliphatic heterocycles. The molecule has 8 heteroatoms. The molecule has 6 nitrogen and oxygen atoms in total. The van der Waals surface area contributed by atoms with Gasteiger partial charge < -0.3 is 15.1 Å². The van der Waals surface area contributed by atoms with Gasteiger partial charge in [0.2, 0.25) is 0 Å². The maximum atomic E-state index is 13.7. The number of hydrogen-bond acceptors (Lipinski definition) is 4. The van der Waals surface area contributed by atoms with E-state index in [1.165, 1.54) is 6.07 Å². The van der Waals surface area contributed by atoms with E-state index in [2.05, 4.69) is 15.2 Å². The number of likely N-dealkylation sites (N-methyl/N-ethyl adjacent to an activating group) is 1. The van der Waals surface area contributed by atoms with Crippen LogP contribution in [0.4, 0.5) is 14.6 Å². The van der Waals surface area contributed by atoms with Crippen molar-refractivity contribution < 1.29 is 18.4 Å². The summed E-state index contributed by atoms with van der Waals surface area (Å²) in [4.78, 5) is 33.1. The number of nitrogens with one attached hydrogen (secondary N) is 1. The molecule has 2 amide bonds. The number of halogens is 2. The Labute approximate surface area is 162 Å². The Balaban J connectivity index is 1.75. The third-order valence-corrected chi connectivity index (χ3v) is 4.75. The Morgan fingerprint density at radius 2 is 1.86 bits per heavy atom. The van der Waals surface area contributed by atoms with Crippen LogP contribution in [0.3, 0.4) is 0 Å². The molecule has 28 heavy (non-hydrogen) atoms. The molecule has 1 aromatic carbocycles. The summed E-state index contributed by atoms with van der Waals surface area (Å²) in [5.41, 5.74) is 0.340. The fourth-order valence-corrected chi connectivity index (χ4v) is 3.02. The van der Waals surface area contributed by atoms with Gasteiger partial charge in [0.05, 0.1) is 0 Å². The molecule has 1 saturated heterocycles. The molecule has 0 atom stereocenters. The van der Waals surface area contributed by atoms with E-state index in [4.69, 9.17) is 0 Å². The quantitative estimate of drug-likeness (QED) is 0.874. The maximum Gasteiger partial charge on any atom is 0.272 e. The molecule has 0 saturated carbocycles. The summed E-state index contributed by atoms with van der Waals surface area (Å²) in [6, 6.07) is 6.91. The molecular weight excluding hydrogens is 366 g/mol. The van der Waals surface area contributed by atoms with Crippen molar-refractivity contribution in [2.75, 3.05) is 38.5 Å². The van der Waals surface area contributed by atoms with Crippen LogP contribution >= 0.6 is 0 Å². The van der Waals surface area contributed by atoms with Crippen molar-refractivity contribution in [3.63, 3.8) is 0 Å². The van der Waals surface area contributed by atoms with Crippen molar-refractivity contribution in [2.45, 2.75) is 13.3 Å². The summed E-state index contributed by atoms with van der Waals surface area (Å²) in [5.74, 6) is -2.67. The third kappa shape index (κ3) is 4.33. The highest BCUT2D eigenvalue weighted by atomic mass is 19.2. The number of amides is 2. The van der Waals surface area contributed by atoms with Gasteiger partial charge in [-0.05, 0) is 43.3 Å². The topological polar surface area (TPSA) is 65.5 Å². The first-order valence-corrected chi connectivity index (χ1v) is 9.13. The number of aryl methyl sites for hydroxylation is 1. The van der Waals surface area contributed by atoms with Crippen LogP contribution in [0.5, 0.6) is 0 Å². The number of rotatable bonds is 4. The normalized spacial score (nSPS) is 14.8. The number of benzene rings is 1. The second kappa shape index (κ2) is 8.43. The Morgan fingerprint density at radius 3 is 2.54 bits per heavy atom. The van der Waals surface area contributed by atoms with Gasteiger partial charge in [-0.15, -0.1) is 0 Å². The van der Waals surface area contributed by atoms with Gasteiger partial charge in [-0.25, -0.2) is 13.8 Å². The fraction of sp³-hybridized carbons (Fsp3) is 0.350. The molecule has 1 fully saturated rings. The monoisotopic (exact) mass is 388 g/mol. The molecule has 0 unspecified atom stereocenters. The number of pyridine rings is 1. The Morgan fingerprint density at radius 1 is 1.14 bits per heavy atom. The molecule has 1 N–H and O–H groups in total. The van der Waals surface area contributed by atoms with Crippen LogP contribution < -0.4 is 5.32 Å². The summed E-state index contributed by atoms with van der Waals surface area (Å²) in [6.45, 7) is 4.48. The second-order valence-electron chi connectivity index (χ2n) is 6.74. The van der Waals surface area contributed by atoms with Gasteiger partial charge in [-0.1, -0.05) is 13.0 Å². The van der Waals surface area contributed by atoms with E-state index in [1.54, 1.807) is 30.0 Å². The minimum Gasteiger partial charge on any atom is -0.335 e. The van der Waals surface area contributed by atoms with Crippen LogP contribution in [-0.2, 0) is 6.42 Å². The first kappa shape index (κ1) is 19.9. The Hall–Kier alpha value is -2.87. The van der Waals surface area contributed by atoms with Crippen LogP contribution in [0.25, 0.3) is 0 Å². The number of piperazine rings is 1. The molecule has 0 radical (unpaired) electrons. The number of carbonyl (C=O) groups is 2. The first-order valence-electron chi connectivity index (χ1n) is 9.13. The molecule has 1 aromatic heterocycles. The average molecular weight is 388 g/mol. The van der Waals surface area contributed by atoms with Gasteiger partial charge in [-0.3, -0.25) is 9.59 Å². The lowest BCUT2D eigenvalue weighted by Crippen LogP contribution is -2.47. The lowest BCUT2D eigenvalue weighted by atomic mass is 10.1. The van der Waals surface area contributed by atoms with Gasteiger partial charge in [0, 0.05) is 31.7 Å². The number of nitrogens with zero attached hydrogens (tertiary/aromatic N) is 3. The lowest BCUT2D eigenvalue weighted by Gasteiger charge is -2.32. The molecule has 0 spiro atoms. The van der Waals surface area contributed by atoms with Crippen LogP contribution in [0, 0.1) is 11.6 Å². The highest BCUT2D eigenvalue weighted by Crippen LogP contribution is 2.17. The van der Waals surface area contributed by atoms with Gasteiger partial charge in [-0.2, -0.15) is 0 Å². The molecule has 1 aliphatic rings. The third-order valence-electron chi connectivity index (χ3n) is 4.75. The van der Waals surface area contributed by atoms with Gasteiger partial charge >= 0.3 is 0 Å². The molecular formula is C20H22F2N4O2. The van der Waals surface area contributed by atoms with Crippen LogP contribution in [0.15, 0.2) is 30.3 Å². The SMILES string of the molecule is CCc1cc(C(=O)Nc2cccc(C(=O)N3CCN(C)CC3)n2)cc(F)c1F. The van der Waals surface area contributed by atoms with Gasteiger partial charge in [0.1, 0.15) is 11.5 Å². The van der Waals surface area contributed by atoms with Crippen molar-refractivity contribution in [3.05, 3.63) is 58.8 Å². The summed E-state index contributed by atoms with van der Waals surface area (Å²) in [5, 5.41) is 2.54. The standard InChI is InChI=1S/C20H22F2N4O2/c1-3-13-11-14(12-15(21)18(13)22)19(27)24-17-6-4-5-16(23-17)20(28)26-9-7-25(2)8-10-26/h4-6,11-12H,3,7-10H2,1-2H3,(H,23,24,27). The maximum absolute atomic E-state index is 13.7. The minimum absolute atomic E-state index is 0.00616. The highest BCUT2D eigenvalue weighted by Gasteiger charge is 2.22. The molecule has 0 aliphatic carbocycles. The number of aromatic nitrogens is 1. The predicted octanol–water partition coefficient (Wildman–Crippen LogP) is 2.56. The smallest absolute Gasteiger partial charge is 0.272 e. The van der Waals surface area contributed by atoms with Gasteiger partial charge in [0.15, 0.2) is 11.6 Å². The minimum atomic E-state index is -1.07. The van der Waals surface area contributed by atoms with Crippen molar-refractivity contribution in [1.29, 1.82) is 0 Å². The van der Waals surface area contributed by atoms with Crippen molar-refractivity contribution in [1.82, 2.24) is 14.8 Å². The summed E-state index contributed by atoms with van der Waals surface area (Å²) in [6.07, 6.45) is 0.261. The van der Waals surface area contributed by atoms with E-state index < -0.39 is 17.5 Å². The zero-order valence-corrected chi connectivity index (χ0v) is 15.8.